The van der Waals surface area contributed by atoms with Crippen LogP contribution in [0.25, 0.3) is 0 Å². The normalized spacial score (nSPS) is 10.7. The third-order valence-electron chi connectivity index (χ3n) is 3.26. The average Bonchev–Trinajstić information content (AvgIpc) is 2.55. The smallest absolute Gasteiger partial charge is 0.238 e. The highest BCUT2D eigenvalue weighted by Crippen LogP contribution is 2.18. The molecule has 0 heterocycles. The van der Waals surface area contributed by atoms with E-state index in [0.29, 0.717) is 24.1 Å². The second-order valence-corrected chi connectivity index (χ2v) is 6.38. The summed E-state index contributed by atoms with van der Waals surface area (Å²) in [5.74, 6) is 1.10. The van der Waals surface area contributed by atoms with Crippen molar-refractivity contribution in [3.05, 3.63) is 59.1 Å². The van der Waals surface area contributed by atoms with Gasteiger partial charge in [-0.1, -0.05) is 49.7 Å². The summed E-state index contributed by atoms with van der Waals surface area (Å²) in [4.78, 5) is 12.0. The Morgan fingerprint density at radius 1 is 1.17 bits per heavy atom. The van der Waals surface area contributed by atoms with Crippen LogP contribution < -0.4 is 15.4 Å². The van der Waals surface area contributed by atoms with Crippen LogP contribution in [0.5, 0.6) is 5.75 Å². The van der Waals surface area contributed by atoms with E-state index in [2.05, 4.69) is 24.5 Å². The average molecular weight is 347 g/mol. The van der Waals surface area contributed by atoms with Gasteiger partial charge < -0.3 is 15.4 Å². The quantitative estimate of drug-likeness (QED) is 0.756. The summed E-state index contributed by atoms with van der Waals surface area (Å²) in [5, 5.41) is 6.64. The number of anilines is 1. The summed E-state index contributed by atoms with van der Waals surface area (Å²) in [6, 6.07) is 15.0. The highest BCUT2D eigenvalue weighted by Gasteiger charge is 2.05. The first-order valence-corrected chi connectivity index (χ1v) is 8.39. The molecule has 4 nitrogen and oxygen atoms in total. The standard InChI is InChI=1S/C19H23ClN2O2/c1-14(2)13-24-17-8-5-7-16(10-17)22-19(23)12-21-11-15-6-3-4-9-18(15)20/h3-10,14,21H,11-13H2,1-2H3,(H,22,23). The number of amides is 1. The molecule has 128 valence electrons. The minimum absolute atomic E-state index is 0.108. The molecule has 0 unspecified atom stereocenters. The lowest BCUT2D eigenvalue weighted by Crippen LogP contribution is -2.27. The van der Waals surface area contributed by atoms with E-state index in [0.717, 1.165) is 17.0 Å². The van der Waals surface area contributed by atoms with Crippen LogP contribution in [-0.2, 0) is 11.3 Å². The molecule has 0 fully saturated rings. The fraction of sp³-hybridized carbons (Fsp3) is 0.316. The molecule has 0 saturated carbocycles. The van der Waals surface area contributed by atoms with Crippen molar-refractivity contribution in [2.24, 2.45) is 5.92 Å². The Morgan fingerprint density at radius 3 is 2.71 bits per heavy atom. The van der Waals surface area contributed by atoms with Crippen molar-refractivity contribution < 1.29 is 9.53 Å². The molecule has 2 aromatic rings. The monoisotopic (exact) mass is 346 g/mol. The van der Waals surface area contributed by atoms with Crippen LogP contribution in [0, 0.1) is 5.92 Å². The Hall–Kier alpha value is -2.04. The van der Waals surface area contributed by atoms with Crippen molar-refractivity contribution >= 4 is 23.2 Å². The van der Waals surface area contributed by atoms with Gasteiger partial charge in [-0.3, -0.25) is 4.79 Å². The van der Waals surface area contributed by atoms with E-state index in [-0.39, 0.29) is 12.5 Å². The van der Waals surface area contributed by atoms with Crippen molar-refractivity contribution in [3.63, 3.8) is 0 Å². The molecule has 0 radical (unpaired) electrons. The lowest BCUT2D eigenvalue weighted by atomic mass is 10.2. The fourth-order valence-electron chi connectivity index (χ4n) is 2.08. The van der Waals surface area contributed by atoms with E-state index in [1.165, 1.54) is 0 Å². The number of carbonyl (C=O) groups is 1. The molecule has 2 N–H and O–H groups in total. The van der Waals surface area contributed by atoms with Crippen LogP contribution in [0.4, 0.5) is 5.69 Å². The van der Waals surface area contributed by atoms with Gasteiger partial charge in [0, 0.05) is 23.3 Å². The van der Waals surface area contributed by atoms with E-state index in [1.54, 1.807) is 0 Å². The Bertz CT molecular complexity index is 674. The fourth-order valence-corrected chi connectivity index (χ4v) is 2.29. The highest BCUT2D eigenvalue weighted by atomic mass is 35.5. The van der Waals surface area contributed by atoms with Crippen LogP contribution in [0.1, 0.15) is 19.4 Å². The van der Waals surface area contributed by atoms with Gasteiger partial charge in [0.05, 0.1) is 13.2 Å². The molecule has 0 atom stereocenters. The number of halogens is 1. The molecule has 0 aromatic heterocycles. The van der Waals surface area contributed by atoms with Gasteiger partial charge in [0.25, 0.3) is 0 Å². The molecular formula is C19H23ClN2O2. The number of nitrogens with one attached hydrogen (secondary N) is 2. The molecule has 2 aromatic carbocycles. The first kappa shape index (κ1) is 18.3. The van der Waals surface area contributed by atoms with Crippen LogP contribution in [-0.4, -0.2) is 19.1 Å². The third-order valence-corrected chi connectivity index (χ3v) is 3.63. The zero-order valence-corrected chi connectivity index (χ0v) is 14.8. The van der Waals surface area contributed by atoms with Crippen LogP contribution in [0.2, 0.25) is 5.02 Å². The lowest BCUT2D eigenvalue weighted by Gasteiger charge is -2.11. The summed E-state index contributed by atoms with van der Waals surface area (Å²) in [6.45, 7) is 5.59. The van der Waals surface area contributed by atoms with E-state index >= 15 is 0 Å². The number of hydrogen-bond acceptors (Lipinski definition) is 3. The second kappa shape index (κ2) is 9.30. The minimum atomic E-state index is -0.108. The molecule has 24 heavy (non-hydrogen) atoms. The van der Waals surface area contributed by atoms with E-state index < -0.39 is 0 Å². The van der Waals surface area contributed by atoms with Crippen LogP contribution >= 0.6 is 11.6 Å². The largest absolute Gasteiger partial charge is 0.493 e. The molecule has 0 aliphatic rings. The predicted molar refractivity (Wildman–Crippen MR) is 98.6 cm³/mol. The summed E-state index contributed by atoms with van der Waals surface area (Å²) < 4.78 is 5.66. The molecule has 0 aliphatic heterocycles. The Kier molecular flexibility index (Phi) is 7.09. The maximum Gasteiger partial charge on any atom is 0.238 e. The molecule has 1 amide bonds. The lowest BCUT2D eigenvalue weighted by molar-refractivity contribution is -0.115. The number of carbonyl (C=O) groups excluding carboxylic acids is 1. The van der Waals surface area contributed by atoms with Crippen molar-refractivity contribution in [1.29, 1.82) is 0 Å². The molecule has 0 spiro atoms. The molecule has 0 bridgehead atoms. The third kappa shape index (κ3) is 6.22. The number of hydrogen-bond donors (Lipinski definition) is 2. The maximum absolute atomic E-state index is 12.0. The zero-order chi connectivity index (χ0) is 17.4. The summed E-state index contributed by atoms with van der Waals surface area (Å²) in [6.07, 6.45) is 0. The first-order valence-electron chi connectivity index (χ1n) is 8.01. The topological polar surface area (TPSA) is 50.4 Å². The second-order valence-electron chi connectivity index (χ2n) is 5.98. The van der Waals surface area contributed by atoms with Crippen LogP contribution in [0.15, 0.2) is 48.5 Å². The summed E-state index contributed by atoms with van der Waals surface area (Å²) in [7, 11) is 0. The number of rotatable bonds is 8. The predicted octanol–water partition coefficient (Wildman–Crippen LogP) is 4.10. The summed E-state index contributed by atoms with van der Waals surface area (Å²) in [5.41, 5.74) is 1.69. The van der Waals surface area contributed by atoms with Crippen molar-refractivity contribution in [2.75, 3.05) is 18.5 Å². The van der Waals surface area contributed by atoms with Gasteiger partial charge in [0.1, 0.15) is 5.75 Å². The maximum atomic E-state index is 12.0. The number of benzene rings is 2. The molecule has 0 saturated heterocycles. The van der Waals surface area contributed by atoms with Gasteiger partial charge in [-0.25, -0.2) is 0 Å². The van der Waals surface area contributed by atoms with Gasteiger partial charge in [-0.15, -0.1) is 0 Å². The Balaban J connectivity index is 1.80. The Labute approximate surface area is 148 Å². The molecule has 0 aliphatic carbocycles. The number of ether oxygens (including phenoxy) is 1. The van der Waals surface area contributed by atoms with Crippen molar-refractivity contribution in [1.82, 2.24) is 5.32 Å². The molecule has 2 rings (SSSR count). The van der Waals surface area contributed by atoms with Gasteiger partial charge in [0.2, 0.25) is 5.91 Å². The van der Waals surface area contributed by atoms with E-state index in [4.69, 9.17) is 16.3 Å². The van der Waals surface area contributed by atoms with Gasteiger partial charge in [0.15, 0.2) is 0 Å². The molecular weight excluding hydrogens is 324 g/mol. The minimum Gasteiger partial charge on any atom is -0.493 e. The van der Waals surface area contributed by atoms with Gasteiger partial charge in [-0.05, 0) is 29.7 Å². The highest BCUT2D eigenvalue weighted by molar-refractivity contribution is 6.31. The van der Waals surface area contributed by atoms with Crippen molar-refractivity contribution in [3.8, 4) is 5.75 Å². The van der Waals surface area contributed by atoms with Crippen molar-refractivity contribution in [2.45, 2.75) is 20.4 Å². The molecule has 5 heteroatoms. The van der Waals surface area contributed by atoms with E-state index in [9.17, 15) is 4.79 Å². The van der Waals surface area contributed by atoms with Gasteiger partial charge >= 0.3 is 0 Å². The summed E-state index contributed by atoms with van der Waals surface area (Å²) >= 11 is 6.08. The zero-order valence-electron chi connectivity index (χ0n) is 14.0. The first-order chi connectivity index (χ1) is 11.5. The SMILES string of the molecule is CC(C)COc1cccc(NC(=O)CNCc2ccccc2Cl)c1. The van der Waals surface area contributed by atoms with E-state index in [1.807, 2.05) is 48.5 Å². The Morgan fingerprint density at radius 2 is 1.96 bits per heavy atom. The van der Waals surface area contributed by atoms with Gasteiger partial charge in [-0.2, -0.15) is 0 Å². The van der Waals surface area contributed by atoms with Crippen LogP contribution in [0.3, 0.4) is 0 Å².